The summed E-state index contributed by atoms with van der Waals surface area (Å²) in [6.07, 6.45) is 4.18. The zero-order chi connectivity index (χ0) is 26.5. The van der Waals surface area contributed by atoms with E-state index in [4.69, 9.17) is 9.57 Å². The van der Waals surface area contributed by atoms with E-state index in [9.17, 15) is 27.1 Å². The van der Waals surface area contributed by atoms with Crippen LogP contribution in [-0.4, -0.2) is 51.6 Å². The Hall–Kier alpha value is -3.93. The van der Waals surface area contributed by atoms with Crippen LogP contribution >= 0.6 is 0 Å². The van der Waals surface area contributed by atoms with Gasteiger partial charge in [-0.05, 0) is 42.8 Å². The van der Waals surface area contributed by atoms with Gasteiger partial charge in [-0.15, -0.1) is 0 Å². The number of benzene rings is 2. The van der Waals surface area contributed by atoms with Gasteiger partial charge in [0, 0.05) is 23.8 Å². The van der Waals surface area contributed by atoms with Crippen LogP contribution in [0.2, 0.25) is 0 Å². The third kappa shape index (κ3) is 4.20. The van der Waals surface area contributed by atoms with E-state index in [0.29, 0.717) is 29.1 Å². The normalized spacial score (nSPS) is 21.6. The molecule has 0 unspecified atom stereocenters. The van der Waals surface area contributed by atoms with Gasteiger partial charge < -0.3 is 24.1 Å². The van der Waals surface area contributed by atoms with Crippen LogP contribution in [0.1, 0.15) is 23.2 Å². The van der Waals surface area contributed by atoms with Crippen molar-refractivity contribution in [1.82, 2.24) is 14.5 Å². The smallest absolute Gasteiger partial charge is 0.269 e. The average molecular weight is 520 g/mol. The number of aryl methyl sites for hydroxylation is 1. The molecule has 3 aromatic rings. The molecule has 5 rings (SSSR count). The highest BCUT2D eigenvalue weighted by molar-refractivity contribution is 6.04. The van der Waals surface area contributed by atoms with E-state index in [1.54, 1.807) is 35.3 Å². The maximum Gasteiger partial charge on any atom is 0.269 e. The largest absolute Gasteiger partial charge is 0.495 e. The highest BCUT2D eigenvalue weighted by Gasteiger charge is 2.55. The molecular weight excluding hydrogens is 499 g/mol. The summed E-state index contributed by atoms with van der Waals surface area (Å²) in [7, 11) is 1.47. The van der Waals surface area contributed by atoms with Gasteiger partial charge >= 0.3 is 0 Å². The number of aromatic nitrogens is 2. The minimum atomic E-state index is -3.31. The van der Waals surface area contributed by atoms with Crippen LogP contribution in [0.25, 0.3) is 11.8 Å². The van der Waals surface area contributed by atoms with E-state index in [-0.39, 0.29) is 11.4 Å². The molecule has 0 aliphatic carbocycles. The molecule has 12 heteroatoms. The zero-order valence-corrected chi connectivity index (χ0v) is 19.7. The Morgan fingerprint density at radius 1 is 1.16 bits per heavy atom. The SMILES string of the molecule is COc1cc(/C=C2\CC(F)(F)CN3C2=NO[C@]3(CO)c2cc(F)c(F)c(F)c2)ccc1-n1cnc(C)c1. The van der Waals surface area contributed by atoms with Gasteiger partial charge in [-0.2, -0.15) is 0 Å². The molecule has 0 saturated carbocycles. The molecule has 1 aromatic heterocycles. The second-order valence-corrected chi connectivity index (χ2v) is 8.84. The summed E-state index contributed by atoms with van der Waals surface area (Å²) in [6.45, 7) is -0.102. The second-order valence-electron chi connectivity index (χ2n) is 8.84. The molecule has 3 heterocycles. The van der Waals surface area contributed by atoms with Crippen molar-refractivity contribution in [3.63, 3.8) is 0 Å². The van der Waals surface area contributed by atoms with E-state index >= 15 is 0 Å². The molecule has 0 radical (unpaired) electrons. The molecule has 1 atom stereocenters. The first kappa shape index (κ1) is 24.8. The number of nitrogens with zero attached hydrogens (tertiary/aromatic N) is 4. The summed E-state index contributed by atoms with van der Waals surface area (Å²) >= 11 is 0. The summed E-state index contributed by atoms with van der Waals surface area (Å²) < 4.78 is 78.6. The molecule has 2 aliphatic heterocycles. The second kappa shape index (κ2) is 8.87. The van der Waals surface area contributed by atoms with Crippen LogP contribution in [0.15, 0.2) is 53.6 Å². The molecule has 1 fully saturated rings. The van der Waals surface area contributed by atoms with Crippen molar-refractivity contribution in [1.29, 1.82) is 0 Å². The number of piperidine rings is 1. The van der Waals surface area contributed by atoms with Crippen LogP contribution in [-0.2, 0) is 10.6 Å². The molecule has 2 aliphatic rings. The number of alkyl halides is 2. The van der Waals surface area contributed by atoms with Crippen LogP contribution in [0.5, 0.6) is 5.75 Å². The molecule has 37 heavy (non-hydrogen) atoms. The number of aliphatic hydroxyl groups excluding tert-OH is 1. The summed E-state index contributed by atoms with van der Waals surface area (Å²) in [5.41, 5.74) is -0.527. The summed E-state index contributed by atoms with van der Waals surface area (Å²) in [5, 5.41) is 14.0. The van der Waals surface area contributed by atoms with Crippen molar-refractivity contribution in [2.75, 3.05) is 20.3 Å². The number of hydrogen-bond acceptors (Lipinski definition) is 6. The number of ether oxygens (including phenoxy) is 1. The van der Waals surface area contributed by atoms with E-state index in [2.05, 4.69) is 10.1 Å². The van der Waals surface area contributed by atoms with Crippen molar-refractivity contribution >= 4 is 11.9 Å². The summed E-state index contributed by atoms with van der Waals surface area (Å²) in [6, 6.07) is 6.25. The van der Waals surface area contributed by atoms with E-state index in [0.717, 1.165) is 10.6 Å². The molecule has 1 N–H and O–H groups in total. The number of methoxy groups -OCH3 is 1. The number of imidazole rings is 1. The van der Waals surface area contributed by atoms with Crippen molar-refractivity contribution < 1.29 is 36.6 Å². The summed E-state index contributed by atoms with van der Waals surface area (Å²) in [5.74, 6) is -7.74. The monoisotopic (exact) mass is 520 g/mol. The number of fused-ring (bicyclic) bond motifs is 1. The fraction of sp³-hybridized carbons (Fsp3) is 0.280. The van der Waals surface area contributed by atoms with E-state index < -0.39 is 54.2 Å². The number of rotatable bonds is 5. The maximum atomic E-state index is 14.9. The minimum absolute atomic E-state index is 0.0432. The topological polar surface area (TPSA) is 72.1 Å². The van der Waals surface area contributed by atoms with Crippen LogP contribution in [0, 0.1) is 24.4 Å². The standard InChI is InChI=1S/C25H21F5N4O3/c1-14-10-33(13-31-14)20-4-3-15(6-21(20)36-2)5-16-9-24(29,30)11-34-23(16)32-37-25(34,12-35)17-7-18(26)22(28)19(27)8-17/h3-8,10,13,35H,9,11-12H2,1-2H3/b16-5+/t25-/m1/s1. The maximum absolute atomic E-state index is 14.9. The molecule has 2 aromatic carbocycles. The Labute approximate surface area is 208 Å². The van der Waals surface area contributed by atoms with E-state index in [1.807, 2.05) is 6.92 Å². The number of hydrogen-bond donors (Lipinski definition) is 1. The first-order valence-electron chi connectivity index (χ1n) is 11.1. The lowest BCUT2D eigenvalue weighted by Gasteiger charge is -2.41. The number of aliphatic hydroxyl groups is 1. The molecule has 0 amide bonds. The lowest BCUT2D eigenvalue weighted by atomic mass is 9.92. The number of halogens is 5. The average Bonchev–Trinajstić information content (AvgIpc) is 3.45. The zero-order valence-electron chi connectivity index (χ0n) is 19.7. The molecule has 7 nitrogen and oxygen atoms in total. The Kier molecular flexibility index (Phi) is 5.94. The van der Waals surface area contributed by atoms with Crippen LogP contribution in [0.4, 0.5) is 22.0 Å². The Bertz CT molecular complexity index is 1410. The van der Waals surface area contributed by atoms with Gasteiger partial charge in [-0.1, -0.05) is 11.2 Å². The highest BCUT2D eigenvalue weighted by Crippen LogP contribution is 2.44. The fourth-order valence-electron chi connectivity index (χ4n) is 4.53. The third-order valence-electron chi connectivity index (χ3n) is 6.28. The van der Waals surface area contributed by atoms with Gasteiger partial charge in [0.05, 0.1) is 31.4 Å². The molecule has 1 saturated heterocycles. The molecular formula is C25H21F5N4O3. The fourth-order valence-corrected chi connectivity index (χ4v) is 4.53. The van der Waals surface area contributed by atoms with Gasteiger partial charge in [-0.3, -0.25) is 0 Å². The van der Waals surface area contributed by atoms with Crippen molar-refractivity contribution in [2.45, 2.75) is 25.0 Å². The first-order chi connectivity index (χ1) is 17.6. The van der Waals surface area contributed by atoms with Gasteiger partial charge in [-0.25, -0.2) is 26.9 Å². The van der Waals surface area contributed by atoms with Gasteiger partial charge in [0.1, 0.15) is 12.4 Å². The number of amidine groups is 1. The lowest BCUT2D eigenvalue weighted by molar-refractivity contribution is -0.160. The van der Waals surface area contributed by atoms with Crippen molar-refractivity contribution in [3.05, 3.63) is 82.7 Å². The first-order valence-corrected chi connectivity index (χ1v) is 11.1. The quantitative estimate of drug-likeness (QED) is 0.396. The lowest BCUT2D eigenvalue weighted by Crippen LogP contribution is -2.56. The Balaban J connectivity index is 1.55. The Morgan fingerprint density at radius 2 is 1.89 bits per heavy atom. The van der Waals surface area contributed by atoms with Crippen LogP contribution in [0.3, 0.4) is 0 Å². The molecule has 0 bridgehead atoms. The van der Waals surface area contributed by atoms with Crippen molar-refractivity contribution in [2.24, 2.45) is 5.16 Å². The van der Waals surface area contributed by atoms with Crippen LogP contribution < -0.4 is 4.74 Å². The number of oxime groups is 1. The van der Waals surface area contributed by atoms with Gasteiger partial charge in [0.25, 0.3) is 11.6 Å². The van der Waals surface area contributed by atoms with Gasteiger partial charge in [0.2, 0.25) is 0 Å². The minimum Gasteiger partial charge on any atom is -0.495 e. The predicted molar refractivity (Wildman–Crippen MR) is 123 cm³/mol. The van der Waals surface area contributed by atoms with Crippen molar-refractivity contribution in [3.8, 4) is 11.4 Å². The highest BCUT2D eigenvalue weighted by atomic mass is 19.3. The molecule has 194 valence electrons. The third-order valence-corrected chi connectivity index (χ3v) is 6.28. The Morgan fingerprint density at radius 3 is 2.51 bits per heavy atom. The van der Waals surface area contributed by atoms with Gasteiger partial charge in [0.15, 0.2) is 23.3 Å². The predicted octanol–water partition coefficient (Wildman–Crippen LogP) is 4.52. The van der Waals surface area contributed by atoms with E-state index in [1.165, 1.54) is 13.2 Å². The molecule has 0 spiro atoms. The summed E-state index contributed by atoms with van der Waals surface area (Å²) in [4.78, 5) is 10.5.